The summed E-state index contributed by atoms with van der Waals surface area (Å²) in [6, 6.07) is 13.6. The number of benzene rings is 2. The molecule has 37 heavy (non-hydrogen) atoms. The van der Waals surface area contributed by atoms with Crippen molar-refractivity contribution in [3.63, 3.8) is 0 Å². The Morgan fingerprint density at radius 2 is 1.73 bits per heavy atom. The van der Waals surface area contributed by atoms with Gasteiger partial charge in [0.15, 0.2) is 0 Å². The summed E-state index contributed by atoms with van der Waals surface area (Å²) in [4.78, 5) is 23.8. The van der Waals surface area contributed by atoms with Crippen LogP contribution in [0.2, 0.25) is 0 Å². The number of likely N-dealkylation sites (N-methyl/N-ethyl adjacent to an activating group) is 1. The van der Waals surface area contributed by atoms with Crippen molar-refractivity contribution in [1.82, 2.24) is 19.4 Å². The van der Waals surface area contributed by atoms with Crippen molar-refractivity contribution in [1.29, 1.82) is 0 Å². The molecule has 0 amide bonds. The summed E-state index contributed by atoms with van der Waals surface area (Å²) in [7, 11) is 0. The number of rotatable bonds is 13. The van der Waals surface area contributed by atoms with Crippen LogP contribution in [0.15, 0.2) is 47.3 Å². The molecule has 0 saturated carbocycles. The van der Waals surface area contributed by atoms with Gasteiger partial charge in [-0.2, -0.15) is 0 Å². The lowest BCUT2D eigenvalue weighted by Crippen LogP contribution is -2.46. The average Bonchev–Trinajstić information content (AvgIpc) is 2.92. The molecule has 1 aliphatic heterocycles. The number of ether oxygens (including phenoxy) is 1. The number of piperazine rings is 1. The standard InChI is InChI=1S/C29H42N6O2/c1-3-33-17-19-34(20-18-33)22-28-32-25-21-23(31-16-10-6-5-9-15-30)13-14-24(25)29(36)35(28)26-11-7-8-12-27(26)37-4-2/h7-8,11-14,21,31H,3-6,9-10,15-20,22,30H2,1-2H3. The van der Waals surface area contributed by atoms with E-state index < -0.39 is 0 Å². The van der Waals surface area contributed by atoms with Crippen LogP contribution in [-0.2, 0) is 6.54 Å². The van der Waals surface area contributed by atoms with Gasteiger partial charge in [-0.3, -0.25) is 14.3 Å². The fraction of sp³-hybridized carbons (Fsp3) is 0.517. The van der Waals surface area contributed by atoms with Gasteiger partial charge in [0.1, 0.15) is 11.6 Å². The fourth-order valence-electron chi connectivity index (χ4n) is 4.93. The Kier molecular flexibility index (Phi) is 9.93. The SMILES string of the molecule is CCOc1ccccc1-n1c(CN2CCN(CC)CC2)nc2cc(NCCCCCCN)ccc2c1=O. The maximum Gasteiger partial charge on any atom is 0.266 e. The van der Waals surface area contributed by atoms with Gasteiger partial charge in [0.2, 0.25) is 0 Å². The summed E-state index contributed by atoms with van der Waals surface area (Å²) in [6.45, 7) is 12.0. The molecule has 0 atom stereocenters. The molecule has 3 aromatic rings. The fourth-order valence-corrected chi connectivity index (χ4v) is 4.93. The largest absolute Gasteiger partial charge is 0.492 e. The molecule has 1 aromatic heterocycles. The van der Waals surface area contributed by atoms with Crippen molar-refractivity contribution >= 4 is 16.6 Å². The lowest BCUT2D eigenvalue weighted by Gasteiger charge is -2.34. The van der Waals surface area contributed by atoms with Crippen molar-refractivity contribution in [2.45, 2.75) is 46.1 Å². The molecule has 0 spiro atoms. The molecule has 200 valence electrons. The summed E-state index contributed by atoms with van der Waals surface area (Å²) < 4.78 is 7.66. The number of anilines is 1. The number of aromatic nitrogens is 2. The molecule has 4 rings (SSSR count). The summed E-state index contributed by atoms with van der Waals surface area (Å²) in [5.74, 6) is 1.44. The van der Waals surface area contributed by atoms with Gasteiger partial charge >= 0.3 is 0 Å². The van der Waals surface area contributed by atoms with E-state index in [0.29, 0.717) is 24.3 Å². The summed E-state index contributed by atoms with van der Waals surface area (Å²) >= 11 is 0. The third-order valence-electron chi connectivity index (χ3n) is 7.08. The summed E-state index contributed by atoms with van der Waals surface area (Å²) in [6.07, 6.45) is 4.50. The molecular weight excluding hydrogens is 464 g/mol. The van der Waals surface area contributed by atoms with Gasteiger partial charge in [0.05, 0.1) is 29.7 Å². The van der Waals surface area contributed by atoms with Crippen molar-refractivity contribution in [3.8, 4) is 11.4 Å². The van der Waals surface area contributed by atoms with E-state index in [0.717, 1.165) is 94.2 Å². The molecule has 2 heterocycles. The van der Waals surface area contributed by atoms with E-state index >= 15 is 0 Å². The molecule has 0 bridgehead atoms. The normalized spacial score (nSPS) is 14.8. The number of hydrogen-bond acceptors (Lipinski definition) is 7. The molecule has 3 N–H and O–H groups in total. The van der Waals surface area contributed by atoms with Crippen LogP contribution >= 0.6 is 0 Å². The van der Waals surface area contributed by atoms with E-state index in [4.69, 9.17) is 15.5 Å². The first-order chi connectivity index (χ1) is 18.1. The van der Waals surface area contributed by atoms with Crippen LogP contribution in [0.3, 0.4) is 0 Å². The first kappa shape index (κ1) is 27.1. The lowest BCUT2D eigenvalue weighted by atomic mass is 10.1. The van der Waals surface area contributed by atoms with E-state index in [1.165, 1.54) is 0 Å². The van der Waals surface area contributed by atoms with Gasteiger partial charge in [0.25, 0.3) is 5.56 Å². The third-order valence-corrected chi connectivity index (χ3v) is 7.08. The number of nitrogens with two attached hydrogens (primary N) is 1. The minimum absolute atomic E-state index is 0.0623. The van der Waals surface area contributed by atoms with Crippen LogP contribution in [0.25, 0.3) is 16.6 Å². The maximum absolute atomic E-state index is 13.9. The minimum Gasteiger partial charge on any atom is -0.492 e. The zero-order valence-electron chi connectivity index (χ0n) is 22.4. The maximum atomic E-state index is 13.9. The average molecular weight is 507 g/mol. The number of unbranched alkanes of at least 4 members (excludes halogenated alkanes) is 3. The highest BCUT2D eigenvalue weighted by Gasteiger charge is 2.21. The first-order valence-corrected chi connectivity index (χ1v) is 13.8. The van der Waals surface area contributed by atoms with E-state index in [2.05, 4.69) is 22.0 Å². The molecule has 0 radical (unpaired) electrons. The van der Waals surface area contributed by atoms with E-state index in [-0.39, 0.29) is 5.56 Å². The first-order valence-electron chi connectivity index (χ1n) is 13.8. The number of para-hydroxylation sites is 2. The molecule has 0 unspecified atom stereocenters. The topological polar surface area (TPSA) is 88.7 Å². The van der Waals surface area contributed by atoms with Gasteiger partial charge in [0, 0.05) is 38.4 Å². The van der Waals surface area contributed by atoms with E-state index in [9.17, 15) is 4.79 Å². The Balaban J connectivity index is 1.67. The monoisotopic (exact) mass is 506 g/mol. The van der Waals surface area contributed by atoms with Crippen LogP contribution < -0.4 is 21.3 Å². The van der Waals surface area contributed by atoms with E-state index in [1.54, 1.807) is 4.57 Å². The lowest BCUT2D eigenvalue weighted by molar-refractivity contribution is 0.129. The predicted molar refractivity (Wildman–Crippen MR) is 152 cm³/mol. The highest BCUT2D eigenvalue weighted by molar-refractivity contribution is 5.82. The quantitative estimate of drug-likeness (QED) is 0.340. The molecular formula is C29H42N6O2. The second-order valence-electron chi connectivity index (χ2n) is 9.64. The van der Waals surface area contributed by atoms with Crippen LogP contribution in [0, 0.1) is 0 Å². The summed E-state index contributed by atoms with van der Waals surface area (Å²) in [5, 5.41) is 4.11. The Labute approximate surface area is 220 Å². The summed E-state index contributed by atoms with van der Waals surface area (Å²) in [5.41, 5.74) is 7.99. The Morgan fingerprint density at radius 1 is 0.973 bits per heavy atom. The van der Waals surface area contributed by atoms with Crippen LogP contribution in [0.1, 0.15) is 45.4 Å². The number of nitrogens with one attached hydrogen (secondary N) is 1. The highest BCUT2D eigenvalue weighted by Crippen LogP contribution is 2.25. The number of hydrogen-bond donors (Lipinski definition) is 2. The number of fused-ring (bicyclic) bond motifs is 1. The van der Waals surface area contributed by atoms with Crippen molar-refractivity contribution in [2.75, 3.05) is 57.7 Å². The van der Waals surface area contributed by atoms with Crippen molar-refractivity contribution < 1.29 is 4.74 Å². The van der Waals surface area contributed by atoms with Crippen LogP contribution in [-0.4, -0.2) is 71.8 Å². The molecule has 8 heteroatoms. The predicted octanol–water partition coefficient (Wildman–Crippen LogP) is 3.85. The van der Waals surface area contributed by atoms with Crippen LogP contribution in [0.4, 0.5) is 5.69 Å². The van der Waals surface area contributed by atoms with Crippen molar-refractivity contribution in [2.24, 2.45) is 5.73 Å². The number of nitrogens with zero attached hydrogens (tertiary/aromatic N) is 4. The van der Waals surface area contributed by atoms with Gasteiger partial charge in [-0.25, -0.2) is 4.98 Å². The smallest absolute Gasteiger partial charge is 0.266 e. The van der Waals surface area contributed by atoms with Gasteiger partial charge in [-0.1, -0.05) is 31.9 Å². The van der Waals surface area contributed by atoms with Crippen LogP contribution in [0.5, 0.6) is 5.75 Å². The Bertz CT molecular complexity index is 1200. The molecule has 1 saturated heterocycles. The van der Waals surface area contributed by atoms with Gasteiger partial charge in [-0.05, 0) is 63.2 Å². The molecule has 1 fully saturated rings. The molecule has 1 aliphatic rings. The van der Waals surface area contributed by atoms with Gasteiger partial charge < -0.3 is 20.7 Å². The third kappa shape index (κ3) is 6.89. The zero-order chi connectivity index (χ0) is 26.0. The molecule has 0 aliphatic carbocycles. The highest BCUT2D eigenvalue weighted by atomic mass is 16.5. The Hall–Kier alpha value is -2.94. The zero-order valence-corrected chi connectivity index (χ0v) is 22.4. The minimum atomic E-state index is -0.0623. The second kappa shape index (κ2) is 13.6. The second-order valence-corrected chi connectivity index (χ2v) is 9.64. The van der Waals surface area contributed by atoms with Crippen molar-refractivity contribution in [3.05, 3.63) is 58.6 Å². The molecule has 2 aromatic carbocycles. The molecule has 8 nitrogen and oxygen atoms in total. The van der Waals surface area contributed by atoms with E-state index in [1.807, 2.05) is 49.4 Å². The Morgan fingerprint density at radius 3 is 2.49 bits per heavy atom. The van der Waals surface area contributed by atoms with Gasteiger partial charge in [-0.15, -0.1) is 0 Å².